The van der Waals surface area contributed by atoms with Crippen LogP contribution in [0.5, 0.6) is 0 Å². The molecule has 0 unspecified atom stereocenters. The molecule has 0 aliphatic carbocycles. The molecular weight excluding hydrogens is 206 g/mol. The number of halogens is 1. The second-order valence-electron chi connectivity index (χ2n) is 2.69. The van der Waals surface area contributed by atoms with E-state index in [1.165, 1.54) is 12.1 Å². The standard InChI is InChI=1S/C9H8ClNO3/c1-6(12)8-3-2-7(5-10)4-9(8)11(13)14/h2-4,12H,1,5H2. The Labute approximate surface area is 85.6 Å². The maximum absolute atomic E-state index is 10.6. The molecule has 0 radical (unpaired) electrons. The van der Waals surface area contributed by atoms with Gasteiger partial charge in [-0.1, -0.05) is 12.6 Å². The van der Waals surface area contributed by atoms with E-state index < -0.39 is 4.92 Å². The number of alkyl halides is 1. The number of rotatable bonds is 3. The van der Waals surface area contributed by atoms with Gasteiger partial charge in [-0.25, -0.2) is 0 Å². The van der Waals surface area contributed by atoms with Gasteiger partial charge in [-0.05, 0) is 11.6 Å². The number of nitro groups is 1. The van der Waals surface area contributed by atoms with Crippen LogP contribution in [0, 0.1) is 10.1 Å². The van der Waals surface area contributed by atoms with Gasteiger partial charge in [-0.2, -0.15) is 0 Å². The molecule has 5 heteroatoms. The lowest BCUT2D eigenvalue weighted by Gasteiger charge is -2.02. The molecule has 1 aromatic carbocycles. The normalized spacial score (nSPS) is 9.79. The minimum Gasteiger partial charge on any atom is -0.508 e. The number of nitrogens with zero attached hydrogens (tertiary/aromatic N) is 1. The number of benzene rings is 1. The lowest BCUT2D eigenvalue weighted by Crippen LogP contribution is -1.95. The largest absolute Gasteiger partial charge is 0.508 e. The highest BCUT2D eigenvalue weighted by atomic mass is 35.5. The molecule has 0 heterocycles. The molecule has 0 aromatic heterocycles. The van der Waals surface area contributed by atoms with Crippen molar-refractivity contribution in [3.05, 3.63) is 46.0 Å². The van der Waals surface area contributed by atoms with Crippen LogP contribution in [0.4, 0.5) is 5.69 Å². The van der Waals surface area contributed by atoms with Crippen molar-refractivity contribution < 1.29 is 10.0 Å². The Balaban J connectivity index is 3.31. The Morgan fingerprint density at radius 1 is 1.64 bits per heavy atom. The molecule has 0 spiro atoms. The van der Waals surface area contributed by atoms with Crippen molar-refractivity contribution in [3.63, 3.8) is 0 Å². The zero-order valence-corrected chi connectivity index (χ0v) is 7.99. The third kappa shape index (κ3) is 2.03. The van der Waals surface area contributed by atoms with Gasteiger partial charge in [0.2, 0.25) is 0 Å². The van der Waals surface area contributed by atoms with Crippen molar-refractivity contribution in [2.75, 3.05) is 0 Å². The summed E-state index contributed by atoms with van der Waals surface area (Å²) >= 11 is 5.53. The van der Waals surface area contributed by atoms with E-state index in [1.807, 2.05) is 0 Å². The van der Waals surface area contributed by atoms with Crippen LogP contribution in [0.25, 0.3) is 5.76 Å². The molecule has 74 valence electrons. The lowest BCUT2D eigenvalue weighted by molar-refractivity contribution is -0.385. The summed E-state index contributed by atoms with van der Waals surface area (Å²) in [6, 6.07) is 4.36. The van der Waals surface area contributed by atoms with Crippen LogP contribution in [-0.4, -0.2) is 10.0 Å². The molecule has 4 nitrogen and oxygen atoms in total. The fourth-order valence-electron chi connectivity index (χ4n) is 1.06. The first-order chi connectivity index (χ1) is 6.56. The van der Waals surface area contributed by atoms with Gasteiger partial charge in [-0.3, -0.25) is 10.1 Å². The monoisotopic (exact) mass is 213 g/mol. The maximum Gasteiger partial charge on any atom is 0.280 e. The molecule has 0 aliphatic rings. The van der Waals surface area contributed by atoms with E-state index >= 15 is 0 Å². The summed E-state index contributed by atoms with van der Waals surface area (Å²) in [6.45, 7) is 3.24. The first-order valence-electron chi connectivity index (χ1n) is 3.77. The SMILES string of the molecule is C=C(O)c1ccc(CCl)cc1[N+](=O)[O-]. The zero-order chi connectivity index (χ0) is 10.7. The van der Waals surface area contributed by atoms with Crippen LogP contribution >= 0.6 is 11.6 Å². The fraction of sp³-hybridized carbons (Fsp3) is 0.111. The van der Waals surface area contributed by atoms with E-state index in [4.69, 9.17) is 16.7 Å². The Hall–Kier alpha value is -1.55. The summed E-state index contributed by atoms with van der Waals surface area (Å²) in [6.07, 6.45) is 0. The summed E-state index contributed by atoms with van der Waals surface area (Å²) in [4.78, 5) is 10.0. The third-order valence-corrected chi connectivity index (χ3v) is 2.03. The number of aliphatic hydroxyl groups excluding tert-OH is 1. The van der Waals surface area contributed by atoms with Crippen LogP contribution in [0.1, 0.15) is 11.1 Å². The number of hydrogen-bond acceptors (Lipinski definition) is 3. The Kier molecular flexibility index (Phi) is 3.09. The predicted molar refractivity (Wildman–Crippen MR) is 54.3 cm³/mol. The van der Waals surface area contributed by atoms with Crippen molar-refractivity contribution in [1.29, 1.82) is 0 Å². The predicted octanol–water partition coefficient (Wildman–Crippen LogP) is 2.86. The van der Waals surface area contributed by atoms with Gasteiger partial charge in [0.15, 0.2) is 0 Å². The molecular formula is C9H8ClNO3. The van der Waals surface area contributed by atoms with Gasteiger partial charge in [-0.15, -0.1) is 11.6 Å². The molecule has 0 atom stereocenters. The third-order valence-electron chi connectivity index (χ3n) is 1.72. The zero-order valence-electron chi connectivity index (χ0n) is 7.24. The molecule has 0 saturated heterocycles. The Bertz CT molecular complexity index is 390. The summed E-state index contributed by atoms with van der Waals surface area (Å²) < 4.78 is 0. The first-order valence-corrected chi connectivity index (χ1v) is 4.31. The summed E-state index contributed by atoms with van der Waals surface area (Å²) in [5, 5.41) is 19.7. The van der Waals surface area contributed by atoms with Crippen LogP contribution in [0.15, 0.2) is 24.8 Å². The molecule has 0 bridgehead atoms. The van der Waals surface area contributed by atoms with Gasteiger partial charge < -0.3 is 5.11 Å². The van der Waals surface area contributed by atoms with Crippen LogP contribution in [-0.2, 0) is 5.88 Å². The van der Waals surface area contributed by atoms with E-state index in [1.54, 1.807) is 6.07 Å². The molecule has 1 rings (SSSR count). The molecule has 0 saturated carbocycles. The van der Waals surface area contributed by atoms with Crippen LogP contribution < -0.4 is 0 Å². The minimum absolute atomic E-state index is 0.115. The highest BCUT2D eigenvalue weighted by Crippen LogP contribution is 2.25. The average Bonchev–Trinajstić information content (AvgIpc) is 2.16. The van der Waals surface area contributed by atoms with Crippen LogP contribution in [0.3, 0.4) is 0 Å². The van der Waals surface area contributed by atoms with Crippen molar-refractivity contribution in [2.24, 2.45) is 0 Å². The average molecular weight is 214 g/mol. The minimum atomic E-state index is -0.577. The summed E-state index contributed by atoms with van der Waals surface area (Å²) in [7, 11) is 0. The number of nitro benzene ring substituents is 1. The van der Waals surface area contributed by atoms with Crippen molar-refractivity contribution in [2.45, 2.75) is 5.88 Å². The van der Waals surface area contributed by atoms with Gasteiger partial charge in [0.05, 0.1) is 10.5 Å². The van der Waals surface area contributed by atoms with E-state index in [9.17, 15) is 10.1 Å². The molecule has 0 amide bonds. The highest BCUT2D eigenvalue weighted by Gasteiger charge is 2.15. The number of hydrogen-bond donors (Lipinski definition) is 1. The van der Waals surface area contributed by atoms with Gasteiger partial charge in [0, 0.05) is 11.9 Å². The first kappa shape index (κ1) is 10.5. The molecule has 14 heavy (non-hydrogen) atoms. The van der Waals surface area contributed by atoms with E-state index in [2.05, 4.69) is 6.58 Å². The molecule has 0 fully saturated rings. The van der Waals surface area contributed by atoms with Crippen molar-refractivity contribution >= 4 is 23.0 Å². The van der Waals surface area contributed by atoms with Gasteiger partial charge in [0.25, 0.3) is 5.69 Å². The second-order valence-corrected chi connectivity index (χ2v) is 2.96. The Morgan fingerprint density at radius 2 is 2.29 bits per heavy atom. The molecule has 1 N–H and O–H groups in total. The smallest absolute Gasteiger partial charge is 0.280 e. The van der Waals surface area contributed by atoms with Crippen molar-refractivity contribution in [1.82, 2.24) is 0 Å². The quantitative estimate of drug-likeness (QED) is 0.363. The summed E-state index contributed by atoms with van der Waals surface area (Å²) in [5.41, 5.74) is 0.558. The highest BCUT2D eigenvalue weighted by molar-refractivity contribution is 6.17. The topological polar surface area (TPSA) is 63.4 Å². The van der Waals surface area contributed by atoms with Gasteiger partial charge in [0.1, 0.15) is 5.76 Å². The van der Waals surface area contributed by atoms with E-state index in [0.29, 0.717) is 5.56 Å². The Morgan fingerprint density at radius 3 is 2.71 bits per heavy atom. The van der Waals surface area contributed by atoms with Crippen molar-refractivity contribution in [3.8, 4) is 0 Å². The number of aliphatic hydroxyl groups is 1. The lowest BCUT2D eigenvalue weighted by atomic mass is 10.1. The molecule has 1 aromatic rings. The second kappa shape index (κ2) is 4.11. The van der Waals surface area contributed by atoms with Crippen LogP contribution in [0.2, 0.25) is 0 Å². The van der Waals surface area contributed by atoms with E-state index in [0.717, 1.165) is 0 Å². The van der Waals surface area contributed by atoms with E-state index in [-0.39, 0.29) is 22.9 Å². The van der Waals surface area contributed by atoms with Gasteiger partial charge >= 0.3 is 0 Å². The fourth-order valence-corrected chi connectivity index (χ4v) is 1.22. The maximum atomic E-state index is 10.6. The summed E-state index contributed by atoms with van der Waals surface area (Å²) in [5.74, 6) is -0.128. The molecule has 0 aliphatic heterocycles.